The lowest BCUT2D eigenvalue weighted by atomic mass is 9.71. The van der Waals surface area contributed by atoms with Gasteiger partial charge in [0.1, 0.15) is 5.75 Å². The molecule has 2 N–H and O–H groups in total. The van der Waals surface area contributed by atoms with Crippen molar-refractivity contribution in [2.75, 3.05) is 32.8 Å². The number of nitrogens with one attached hydrogen (secondary N) is 1. The highest BCUT2D eigenvalue weighted by Gasteiger charge is 2.35. The van der Waals surface area contributed by atoms with Crippen LogP contribution in [0.5, 0.6) is 5.75 Å². The maximum absolute atomic E-state index is 10.7. The van der Waals surface area contributed by atoms with E-state index in [1.165, 1.54) is 25.7 Å². The molecule has 0 saturated carbocycles. The summed E-state index contributed by atoms with van der Waals surface area (Å²) in [7, 11) is 0. The Hall–Kier alpha value is -1.59. The fourth-order valence-corrected chi connectivity index (χ4v) is 3.80. The van der Waals surface area contributed by atoms with Crippen LogP contribution in [0.15, 0.2) is 24.3 Å². The predicted octanol–water partition coefficient (Wildman–Crippen LogP) is 2.12. The molecule has 1 spiro atoms. The number of hydrogen-bond donors (Lipinski definition) is 2. The highest BCUT2D eigenvalue weighted by molar-refractivity contribution is 5.68. The van der Waals surface area contributed by atoms with E-state index in [0.717, 1.165) is 38.3 Å². The molecule has 23 heavy (non-hydrogen) atoms. The van der Waals surface area contributed by atoms with E-state index in [-0.39, 0.29) is 6.61 Å². The third kappa shape index (κ3) is 4.24. The van der Waals surface area contributed by atoms with Gasteiger partial charge in [0.2, 0.25) is 0 Å². The lowest BCUT2D eigenvalue weighted by molar-refractivity contribution is -0.139. The molecule has 3 rings (SSSR count). The zero-order valence-electron chi connectivity index (χ0n) is 13.6. The number of carbonyl (C=O) groups is 1. The van der Waals surface area contributed by atoms with Gasteiger partial charge in [-0.2, -0.15) is 0 Å². The molecular weight excluding hydrogens is 292 g/mol. The van der Waals surface area contributed by atoms with Gasteiger partial charge in [-0.25, -0.2) is 4.79 Å². The van der Waals surface area contributed by atoms with Gasteiger partial charge >= 0.3 is 5.97 Å². The average Bonchev–Trinajstić information content (AvgIpc) is 2.57. The summed E-state index contributed by atoms with van der Waals surface area (Å²) in [6, 6.07) is 7.77. The Morgan fingerprint density at radius 2 is 1.87 bits per heavy atom. The second-order valence-corrected chi connectivity index (χ2v) is 6.82. The van der Waals surface area contributed by atoms with E-state index in [2.05, 4.69) is 10.2 Å². The molecule has 1 aromatic rings. The van der Waals surface area contributed by atoms with Gasteiger partial charge in [0, 0.05) is 12.1 Å². The number of nitrogens with zero attached hydrogens (tertiary/aromatic N) is 1. The number of likely N-dealkylation sites (tertiary alicyclic amines) is 1. The molecule has 2 aliphatic heterocycles. The Bertz CT molecular complexity index is 531. The van der Waals surface area contributed by atoms with Crippen molar-refractivity contribution in [3.63, 3.8) is 0 Å². The van der Waals surface area contributed by atoms with Crippen LogP contribution in [0.4, 0.5) is 0 Å². The van der Waals surface area contributed by atoms with Gasteiger partial charge in [-0.3, -0.25) is 4.90 Å². The number of ether oxygens (including phenoxy) is 1. The van der Waals surface area contributed by atoms with Crippen molar-refractivity contribution in [1.82, 2.24) is 10.2 Å². The Morgan fingerprint density at radius 3 is 2.57 bits per heavy atom. The highest BCUT2D eigenvalue weighted by Crippen LogP contribution is 2.39. The maximum Gasteiger partial charge on any atom is 0.341 e. The molecule has 2 saturated heterocycles. The van der Waals surface area contributed by atoms with Gasteiger partial charge in [-0.15, -0.1) is 0 Å². The highest BCUT2D eigenvalue weighted by atomic mass is 16.5. The molecule has 2 heterocycles. The van der Waals surface area contributed by atoms with Crippen molar-refractivity contribution in [3.8, 4) is 5.75 Å². The standard InChI is InChI=1S/C18H26N2O3/c21-17(22)14-23-16-4-2-1-3-15(16)13-20-11-7-18(8-12-20)5-9-19-10-6-18/h1-4,19H,5-14H2,(H,21,22). The molecule has 0 aliphatic carbocycles. The Morgan fingerprint density at radius 1 is 1.17 bits per heavy atom. The summed E-state index contributed by atoms with van der Waals surface area (Å²) >= 11 is 0. The molecule has 126 valence electrons. The third-order valence-electron chi connectivity index (χ3n) is 5.30. The van der Waals surface area contributed by atoms with E-state index in [1.54, 1.807) is 0 Å². The number of carboxylic acid groups (broad SMARTS) is 1. The van der Waals surface area contributed by atoms with Crippen LogP contribution in [0, 0.1) is 5.41 Å². The van der Waals surface area contributed by atoms with Crippen molar-refractivity contribution in [2.24, 2.45) is 5.41 Å². The van der Waals surface area contributed by atoms with E-state index in [1.807, 2.05) is 24.3 Å². The average molecular weight is 318 g/mol. The van der Waals surface area contributed by atoms with Gasteiger partial charge in [0.25, 0.3) is 0 Å². The van der Waals surface area contributed by atoms with E-state index in [0.29, 0.717) is 11.2 Å². The van der Waals surface area contributed by atoms with Crippen LogP contribution >= 0.6 is 0 Å². The molecule has 0 bridgehead atoms. The van der Waals surface area contributed by atoms with Crippen LogP contribution in [0.25, 0.3) is 0 Å². The fraction of sp³-hybridized carbons (Fsp3) is 0.611. The molecular formula is C18H26N2O3. The summed E-state index contributed by atoms with van der Waals surface area (Å²) in [6.45, 7) is 5.11. The minimum atomic E-state index is -0.939. The van der Waals surface area contributed by atoms with Crippen LogP contribution in [-0.4, -0.2) is 48.8 Å². The van der Waals surface area contributed by atoms with Crippen molar-refractivity contribution in [1.29, 1.82) is 0 Å². The van der Waals surface area contributed by atoms with E-state index < -0.39 is 5.97 Å². The number of carboxylic acids is 1. The van der Waals surface area contributed by atoms with Gasteiger partial charge in [-0.05, 0) is 63.3 Å². The molecule has 0 atom stereocenters. The summed E-state index contributed by atoms with van der Waals surface area (Å²) in [5.74, 6) is -0.248. The second kappa shape index (κ2) is 7.32. The van der Waals surface area contributed by atoms with Crippen molar-refractivity contribution in [2.45, 2.75) is 32.2 Å². The maximum atomic E-state index is 10.7. The molecule has 5 nitrogen and oxygen atoms in total. The van der Waals surface area contributed by atoms with Crippen LogP contribution in [-0.2, 0) is 11.3 Å². The third-order valence-corrected chi connectivity index (χ3v) is 5.30. The lowest BCUT2D eigenvalue weighted by Crippen LogP contribution is -2.45. The number of piperidine rings is 2. The zero-order valence-corrected chi connectivity index (χ0v) is 13.6. The number of aliphatic carboxylic acids is 1. The fourth-order valence-electron chi connectivity index (χ4n) is 3.80. The number of rotatable bonds is 5. The topological polar surface area (TPSA) is 61.8 Å². The molecule has 5 heteroatoms. The summed E-state index contributed by atoms with van der Waals surface area (Å²) in [4.78, 5) is 13.2. The van der Waals surface area contributed by atoms with Crippen LogP contribution in [0.1, 0.15) is 31.2 Å². The molecule has 2 aliphatic rings. The molecule has 1 aromatic carbocycles. The molecule has 2 fully saturated rings. The van der Waals surface area contributed by atoms with Crippen LogP contribution in [0.2, 0.25) is 0 Å². The first-order valence-electron chi connectivity index (χ1n) is 8.52. The van der Waals surface area contributed by atoms with E-state index in [9.17, 15) is 4.79 Å². The Labute approximate surface area is 137 Å². The van der Waals surface area contributed by atoms with Crippen LogP contribution < -0.4 is 10.1 Å². The molecule has 0 radical (unpaired) electrons. The Balaban J connectivity index is 1.57. The molecule has 0 aromatic heterocycles. The summed E-state index contributed by atoms with van der Waals surface area (Å²) in [5.41, 5.74) is 1.64. The number of hydrogen-bond acceptors (Lipinski definition) is 4. The first kappa shape index (κ1) is 16.3. The molecule has 0 amide bonds. The number of benzene rings is 1. The van der Waals surface area contributed by atoms with Gasteiger partial charge in [0.05, 0.1) is 0 Å². The van der Waals surface area contributed by atoms with Gasteiger partial charge in [0.15, 0.2) is 6.61 Å². The monoisotopic (exact) mass is 318 g/mol. The first-order valence-corrected chi connectivity index (χ1v) is 8.52. The zero-order chi connectivity index (χ0) is 16.1. The predicted molar refractivity (Wildman–Crippen MR) is 88.6 cm³/mol. The quantitative estimate of drug-likeness (QED) is 0.871. The van der Waals surface area contributed by atoms with Gasteiger partial charge < -0.3 is 15.2 Å². The molecule has 0 unspecified atom stereocenters. The van der Waals surface area contributed by atoms with Crippen molar-refractivity contribution < 1.29 is 14.6 Å². The Kier molecular flexibility index (Phi) is 5.18. The van der Waals surface area contributed by atoms with Crippen LogP contribution in [0.3, 0.4) is 0 Å². The smallest absolute Gasteiger partial charge is 0.341 e. The largest absolute Gasteiger partial charge is 0.482 e. The summed E-state index contributed by atoms with van der Waals surface area (Å²) < 4.78 is 5.42. The normalized spacial score (nSPS) is 21.2. The first-order chi connectivity index (χ1) is 11.2. The van der Waals surface area contributed by atoms with E-state index in [4.69, 9.17) is 9.84 Å². The lowest BCUT2D eigenvalue weighted by Gasteiger charge is -2.44. The van der Waals surface area contributed by atoms with Crippen molar-refractivity contribution >= 4 is 5.97 Å². The summed E-state index contributed by atoms with van der Waals surface area (Å²) in [6.07, 6.45) is 5.15. The van der Waals surface area contributed by atoms with Crippen molar-refractivity contribution in [3.05, 3.63) is 29.8 Å². The van der Waals surface area contributed by atoms with E-state index >= 15 is 0 Å². The van der Waals surface area contributed by atoms with Gasteiger partial charge in [-0.1, -0.05) is 18.2 Å². The number of para-hydroxylation sites is 1. The minimum Gasteiger partial charge on any atom is -0.482 e. The summed E-state index contributed by atoms with van der Waals surface area (Å²) in [5, 5.41) is 12.2. The second-order valence-electron chi connectivity index (χ2n) is 6.82. The SMILES string of the molecule is O=C(O)COc1ccccc1CN1CCC2(CCNCC2)CC1. The minimum absolute atomic E-state index is 0.285.